The molecule has 0 fully saturated rings. The van der Waals surface area contributed by atoms with Crippen LogP contribution >= 0.6 is 0 Å². The van der Waals surface area contributed by atoms with Crippen LogP contribution in [0.15, 0.2) is 24.3 Å². The highest BCUT2D eigenvalue weighted by molar-refractivity contribution is 5.76. The van der Waals surface area contributed by atoms with Crippen molar-refractivity contribution in [2.75, 3.05) is 20.1 Å². The van der Waals surface area contributed by atoms with E-state index in [1.54, 1.807) is 11.9 Å². The number of carbonyl (C=O) groups is 1. The van der Waals surface area contributed by atoms with E-state index in [4.69, 9.17) is 5.73 Å². The van der Waals surface area contributed by atoms with Crippen LogP contribution in [0.2, 0.25) is 0 Å². The zero-order chi connectivity index (χ0) is 17.7. The third-order valence-electron chi connectivity index (χ3n) is 3.43. The molecule has 0 saturated heterocycles. The summed E-state index contributed by atoms with van der Waals surface area (Å²) in [6, 6.07) is 5.54. The molecule has 2 N–H and O–H groups in total. The van der Waals surface area contributed by atoms with Gasteiger partial charge in [0.15, 0.2) is 0 Å². The molecule has 0 unspecified atom stereocenters. The first-order chi connectivity index (χ1) is 10.5. The quantitative estimate of drug-likeness (QED) is 0.835. The largest absolute Gasteiger partial charge is 0.573 e. The molecule has 1 amide bonds. The number of aryl methyl sites for hydroxylation is 1. The van der Waals surface area contributed by atoms with Gasteiger partial charge >= 0.3 is 6.36 Å². The number of nitrogens with two attached hydrogens (primary N) is 1. The van der Waals surface area contributed by atoms with Crippen LogP contribution in [0.5, 0.6) is 5.75 Å². The van der Waals surface area contributed by atoms with Gasteiger partial charge in [0.2, 0.25) is 5.91 Å². The van der Waals surface area contributed by atoms with Crippen molar-refractivity contribution < 1.29 is 22.7 Å². The number of hydrogen-bond acceptors (Lipinski definition) is 3. The predicted octanol–water partition coefficient (Wildman–Crippen LogP) is 2.96. The minimum absolute atomic E-state index is 0.0258. The van der Waals surface area contributed by atoms with Gasteiger partial charge in [-0.3, -0.25) is 4.79 Å². The van der Waals surface area contributed by atoms with Crippen LogP contribution in [-0.2, 0) is 11.2 Å². The molecule has 1 aromatic rings. The maximum atomic E-state index is 12.1. The first-order valence-electron chi connectivity index (χ1n) is 7.31. The van der Waals surface area contributed by atoms with Crippen LogP contribution in [0.4, 0.5) is 13.2 Å². The van der Waals surface area contributed by atoms with Crippen molar-refractivity contribution >= 4 is 5.91 Å². The second kappa shape index (κ2) is 7.68. The molecule has 7 heteroatoms. The molecule has 0 aromatic heterocycles. The highest BCUT2D eigenvalue weighted by atomic mass is 19.4. The van der Waals surface area contributed by atoms with Gasteiger partial charge in [-0.15, -0.1) is 13.2 Å². The Bertz CT molecular complexity index is 513. The normalized spacial score (nSPS) is 12.1. The van der Waals surface area contributed by atoms with Crippen LogP contribution in [0.1, 0.15) is 25.8 Å². The van der Waals surface area contributed by atoms with Gasteiger partial charge in [0, 0.05) is 20.0 Å². The lowest BCUT2D eigenvalue weighted by Gasteiger charge is -2.29. The van der Waals surface area contributed by atoms with E-state index in [1.807, 2.05) is 13.8 Å². The average molecular weight is 332 g/mol. The molecule has 0 bridgehead atoms. The molecule has 1 aromatic carbocycles. The van der Waals surface area contributed by atoms with E-state index in [2.05, 4.69) is 4.74 Å². The lowest BCUT2D eigenvalue weighted by atomic mass is 9.93. The first-order valence-corrected chi connectivity index (χ1v) is 7.31. The SMILES string of the molecule is CN(CC(C)(C)CN)C(=O)CCc1ccc(OC(F)(F)F)cc1. The summed E-state index contributed by atoms with van der Waals surface area (Å²) < 4.78 is 40.0. The third-order valence-corrected chi connectivity index (χ3v) is 3.43. The molecule has 1 rings (SSSR count). The van der Waals surface area contributed by atoms with Gasteiger partial charge in [-0.2, -0.15) is 0 Å². The van der Waals surface area contributed by atoms with Crippen LogP contribution in [-0.4, -0.2) is 37.3 Å². The van der Waals surface area contributed by atoms with Crippen LogP contribution in [0, 0.1) is 5.41 Å². The molecule has 0 aliphatic heterocycles. The summed E-state index contributed by atoms with van der Waals surface area (Å²) in [4.78, 5) is 13.7. The topological polar surface area (TPSA) is 55.6 Å². The number of carbonyl (C=O) groups excluding carboxylic acids is 1. The molecule has 0 aliphatic rings. The number of benzene rings is 1. The van der Waals surface area contributed by atoms with Crippen molar-refractivity contribution in [3.05, 3.63) is 29.8 Å². The monoisotopic (exact) mass is 332 g/mol. The Morgan fingerprint density at radius 3 is 2.26 bits per heavy atom. The van der Waals surface area contributed by atoms with Crippen molar-refractivity contribution in [3.63, 3.8) is 0 Å². The van der Waals surface area contributed by atoms with Crippen LogP contribution < -0.4 is 10.5 Å². The number of nitrogens with zero attached hydrogens (tertiary/aromatic N) is 1. The molecule has 23 heavy (non-hydrogen) atoms. The summed E-state index contributed by atoms with van der Waals surface area (Å²) in [5.41, 5.74) is 6.27. The fourth-order valence-corrected chi connectivity index (χ4v) is 2.09. The van der Waals surface area contributed by atoms with Crippen molar-refractivity contribution in [2.45, 2.75) is 33.1 Å². The maximum absolute atomic E-state index is 12.1. The summed E-state index contributed by atoms with van der Waals surface area (Å²) in [5, 5.41) is 0. The fourth-order valence-electron chi connectivity index (χ4n) is 2.09. The molecule has 0 heterocycles. The second-order valence-corrected chi connectivity index (χ2v) is 6.31. The van der Waals surface area contributed by atoms with E-state index < -0.39 is 6.36 Å². The number of hydrogen-bond donors (Lipinski definition) is 1. The highest BCUT2D eigenvalue weighted by Crippen LogP contribution is 2.23. The summed E-state index contributed by atoms with van der Waals surface area (Å²) in [6.45, 7) is 5.00. The fraction of sp³-hybridized carbons (Fsp3) is 0.562. The third kappa shape index (κ3) is 7.36. The minimum atomic E-state index is -4.70. The molecular weight excluding hydrogens is 309 g/mol. The van der Waals surface area contributed by atoms with Gasteiger partial charge in [-0.1, -0.05) is 26.0 Å². The lowest BCUT2D eigenvalue weighted by Crippen LogP contribution is -2.39. The Kier molecular flexibility index (Phi) is 6.44. The molecule has 4 nitrogen and oxygen atoms in total. The summed E-state index contributed by atoms with van der Waals surface area (Å²) in [5.74, 6) is -0.295. The Morgan fingerprint density at radius 2 is 1.78 bits per heavy atom. The number of amides is 1. The van der Waals surface area contributed by atoms with Crippen LogP contribution in [0.3, 0.4) is 0 Å². The molecule has 0 radical (unpaired) electrons. The molecule has 0 spiro atoms. The first kappa shape index (κ1) is 19.3. The van der Waals surface area contributed by atoms with E-state index in [0.717, 1.165) is 5.56 Å². The highest BCUT2D eigenvalue weighted by Gasteiger charge is 2.30. The van der Waals surface area contributed by atoms with E-state index in [1.165, 1.54) is 24.3 Å². The lowest BCUT2D eigenvalue weighted by molar-refractivity contribution is -0.274. The van der Waals surface area contributed by atoms with Crippen molar-refractivity contribution in [1.82, 2.24) is 4.90 Å². The molecule has 0 atom stereocenters. The van der Waals surface area contributed by atoms with Gasteiger partial charge in [-0.05, 0) is 36.1 Å². The summed E-state index contributed by atoms with van der Waals surface area (Å²) in [7, 11) is 1.72. The average Bonchev–Trinajstić information content (AvgIpc) is 2.44. The molecular formula is C16H23F3N2O2. The van der Waals surface area contributed by atoms with Gasteiger partial charge in [0.05, 0.1) is 0 Å². The number of halogens is 3. The van der Waals surface area contributed by atoms with Crippen molar-refractivity contribution in [3.8, 4) is 5.75 Å². The Hall–Kier alpha value is -1.76. The number of alkyl halides is 3. The number of rotatable bonds is 7. The number of ether oxygens (including phenoxy) is 1. The zero-order valence-electron chi connectivity index (χ0n) is 13.6. The van der Waals surface area contributed by atoms with Crippen LogP contribution in [0.25, 0.3) is 0 Å². The van der Waals surface area contributed by atoms with Gasteiger partial charge in [-0.25, -0.2) is 0 Å². The zero-order valence-corrected chi connectivity index (χ0v) is 13.6. The molecule has 130 valence electrons. The maximum Gasteiger partial charge on any atom is 0.573 e. The van der Waals surface area contributed by atoms with Gasteiger partial charge < -0.3 is 15.4 Å². The van der Waals surface area contributed by atoms with E-state index in [-0.39, 0.29) is 23.5 Å². The molecule has 0 saturated carbocycles. The smallest absolute Gasteiger partial charge is 0.406 e. The van der Waals surface area contributed by atoms with Gasteiger partial charge in [0.25, 0.3) is 0 Å². The van der Waals surface area contributed by atoms with E-state index in [9.17, 15) is 18.0 Å². The Labute approximate surface area is 134 Å². The Balaban J connectivity index is 2.50. The van der Waals surface area contributed by atoms with Crippen molar-refractivity contribution in [1.29, 1.82) is 0 Å². The standard InChI is InChI=1S/C16H23F3N2O2/c1-15(2,10-20)11-21(3)14(22)9-6-12-4-7-13(8-5-12)23-16(17,18)19/h4-5,7-8H,6,9-11,20H2,1-3H3. The second-order valence-electron chi connectivity index (χ2n) is 6.31. The Morgan fingerprint density at radius 1 is 1.22 bits per heavy atom. The summed E-state index contributed by atoms with van der Waals surface area (Å²) in [6.07, 6.45) is -3.95. The van der Waals surface area contributed by atoms with E-state index in [0.29, 0.717) is 19.5 Å². The molecule has 0 aliphatic carbocycles. The predicted molar refractivity (Wildman–Crippen MR) is 81.9 cm³/mol. The van der Waals surface area contributed by atoms with E-state index >= 15 is 0 Å². The van der Waals surface area contributed by atoms with Crippen molar-refractivity contribution in [2.24, 2.45) is 11.1 Å². The van der Waals surface area contributed by atoms with Gasteiger partial charge in [0.1, 0.15) is 5.75 Å². The summed E-state index contributed by atoms with van der Waals surface area (Å²) >= 11 is 0. The minimum Gasteiger partial charge on any atom is -0.406 e.